The normalized spacial score (nSPS) is 11.2. The minimum absolute atomic E-state index is 0.181. The van der Waals surface area contributed by atoms with Crippen LogP contribution in [0.2, 0.25) is 0 Å². The summed E-state index contributed by atoms with van der Waals surface area (Å²) < 4.78 is 5.36. The summed E-state index contributed by atoms with van der Waals surface area (Å²) in [6.45, 7) is 6.54. The first kappa shape index (κ1) is 13.6. The fourth-order valence-corrected chi connectivity index (χ4v) is 1.89. The number of rotatable bonds is 6. The molecule has 1 N–H and O–H groups in total. The highest BCUT2D eigenvalue weighted by Gasteiger charge is 2.22. The van der Waals surface area contributed by atoms with Gasteiger partial charge in [0, 0.05) is 0 Å². The third-order valence-corrected chi connectivity index (χ3v) is 2.55. The van der Waals surface area contributed by atoms with Crippen molar-refractivity contribution in [3.8, 4) is 5.75 Å². The second kappa shape index (κ2) is 5.71. The topological polar surface area (TPSA) is 46.5 Å². The summed E-state index contributed by atoms with van der Waals surface area (Å²) in [5.41, 5.74) is 0.915. The molecule has 1 aromatic carbocycles. The highest BCUT2D eigenvalue weighted by Crippen LogP contribution is 2.26. The third-order valence-electron chi connectivity index (χ3n) is 2.55. The van der Waals surface area contributed by atoms with Crippen molar-refractivity contribution in [2.75, 3.05) is 6.61 Å². The van der Waals surface area contributed by atoms with Gasteiger partial charge >= 0.3 is 5.97 Å². The van der Waals surface area contributed by atoms with Crippen molar-refractivity contribution < 1.29 is 14.6 Å². The fourth-order valence-electron chi connectivity index (χ4n) is 1.89. The van der Waals surface area contributed by atoms with Crippen molar-refractivity contribution in [1.82, 2.24) is 0 Å². The molecular weight excluding hydrogens is 216 g/mol. The van der Waals surface area contributed by atoms with Crippen LogP contribution in [0.25, 0.3) is 0 Å². The molecule has 3 nitrogen and oxygen atoms in total. The molecule has 0 bridgehead atoms. The van der Waals surface area contributed by atoms with Gasteiger partial charge in [-0.2, -0.15) is 0 Å². The first-order chi connectivity index (χ1) is 7.93. The lowest BCUT2D eigenvalue weighted by Gasteiger charge is -2.22. The summed E-state index contributed by atoms with van der Waals surface area (Å²) in [5, 5.41) is 8.82. The average Bonchev–Trinajstić information content (AvgIpc) is 2.18. The van der Waals surface area contributed by atoms with Gasteiger partial charge in [-0.3, -0.25) is 4.79 Å². The summed E-state index contributed by atoms with van der Waals surface area (Å²) in [4.78, 5) is 10.7. The van der Waals surface area contributed by atoms with Crippen LogP contribution in [0.5, 0.6) is 5.75 Å². The van der Waals surface area contributed by atoms with E-state index in [0.29, 0.717) is 6.61 Å². The number of benzene rings is 1. The number of carboxylic acids is 1. The number of carboxylic acid groups (broad SMARTS) is 1. The van der Waals surface area contributed by atoms with E-state index in [1.165, 1.54) is 0 Å². The van der Waals surface area contributed by atoms with Crippen LogP contribution < -0.4 is 4.74 Å². The molecular formula is C14H20O3. The van der Waals surface area contributed by atoms with E-state index in [1.54, 1.807) is 0 Å². The number of aliphatic carboxylic acids is 1. The largest absolute Gasteiger partial charge is 0.494 e. The number of carbonyl (C=O) groups is 1. The summed E-state index contributed by atoms with van der Waals surface area (Å²) in [5.74, 6) is 0.105. The third kappa shape index (κ3) is 4.89. The molecule has 0 aliphatic heterocycles. The van der Waals surface area contributed by atoms with E-state index in [-0.39, 0.29) is 11.8 Å². The van der Waals surface area contributed by atoms with E-state index in [0.717, 1.165) is 17.7 Å². The maximum atomic E-state index is 10.7. The van der Waals surface area contributed by atoms with Crippen LogP contribution in [0.4, 0.5) is 0 Å². The smallest absolute Gasteiger partial charge is 0.303 e. The minimum Gasteiger partial charge on any atom is -0.494 e. The van der Waals surface area contributed by atoms with Gasteiger partial charge in [-0.25, -0.2) is 0 Å². The maximum absolute atomic E-state index is 10.7. The standard InChI is InChI=1S/C14H20O3/c1-4-17-12-7-5-11(6-8-12)9-14(2,3)10-13(15)16/h5-8H,4,9-10H2,1-3H3,(H,15,16). The van der Waals surface area contributed by atoms with E-state index in [9.17, 15) is 4.79 Å². The molecule has 1 aromatic rings. The van der Waals surface area contributed by atoms with Crippen LogP contribution in [-0.2, 0) is 11.2 Å². The highest BCUT2D eigenvalue weighted by molar-refractivity contribution is 5.67. The Bertz CT molecular complexity index is 366. The second-order valence-corrected chi connectivity index (χ2v) is 4.99. The Kier molecular flexibility index (Phi) is 4.55. The van der Waals surface area contributed by atoms with Gasteiger partial charge in [-0.15, -0.1) is 0 Å². The van der Waals surface area contributed by atoms with Gasteiger partial charge in [-0.1, -0.05) is 26.0 Å². The van der Waals surface area contributed by atoms with Crippen molar-refractivity contribution in [3.63, 3.8) is 0 Å². The number of ether oxygens (including phenoxy) is 1. The molecule has 0 spiro atoms. The summed E-state index contributed by atoms with van der Waals surface area (Å²) in [6.07, 6.45) is 0.936. The van der Waals surface area contributed by atoms with E-state index >= 15 is 0 Å². The van der Waals surface area contributed by atoms with Gasteiger partial charge in [0.25, 0.3) is 0 Å². The van der Waals surface area contributed by atoms with Gasteiger partial charge in [0.2, 0.25) is 0 Å². The molecule has 1 rings (SSSR count). The lowest BCUT2D eigenvalue weighted by molar-refractivity contribution is -0.139. The molecule has 0 atom stereocenters. The molecule has 17 heavy (non-hydrogen) atoms. The Labute approximate surface area is 102 Å². The van der Waals surface area contributed by atoms with Crippen molar-refractivity contribution >= 4 is 5.97 Å². The highest BCUT2D eigenvalue weighted by atomic mass is 16.5. The first-order valence-corrected chi connectivity index (χ1v) is 5.86. The van der Waals surface area contributed by atoms with Crippen LogP contribution in [0, 0.1) is 5.41 Å². The predicted molar refractivity (Wildman–Crippen MR) is 67.3 cm³/mol. The van der Waals surface area contributed by atoms with E-state index in [4.69, 9.17) is 9.84 Å². The van der Waals surface area contributed by atoms with Crippen molar-refractivity contribution in [1.29, 1.82) is 0 Å². The maximum Gasteiger partial charge on any atom is 0.303 e. The Morgan fingerprint density at radius 3 is 2.35 bits per heavy atom. The molecule has 0 aliphatic carbocycles. The molecule has 0 saturated heterocycles. The lowest BCUT2D eigenvalue weighted by Crippen LogP contribution is -2.19. The molecule has 0 aromatic heterocycles. The van der Waals surface area contributed by atoms with E-state index in [2.05, 4.69) is 0 Å². The molecule has 0 radical (unpaired) electrons. The molecule has 0 heterocycles. The lowest BCUT2D eigenvalue weighted by atomic mass is 9.83. The molecule has 3 heteroatoms. The molecule has 0 aliphatic rings. The molecule has 0 fully saturated rings. The summed E-state index contributed by atoms with van der Waals surface area (Å²) in [6, 6.07) is 7.84. The number of hydrogen-bond donors (Lipinski definition) is 1. The van der Waals surface area contributed by atoms with Crippen molar-refractivity contribution in [3.05, 3.63) is 29.8 Å². The van der Waals surface area contributed by atoms with Gasteiger partial charge < -0.3 is 9.84 Å². The van der Waals surface area contributed by atoms with Crippen molar-refractivity contribution in [2.45, 2.75) is 33.6 Å². The van der Waals surface area contributed by atoms with Gasteiger partial charge in [-0.05, 0) is 36.5 Å². The zero-order chi connectivity index (χ0) is 12.9. The van der Waals surface area contributed by atoms with Crippen LogP contribution >= 0.6 is 0 Å². The molecule has 0 amide bonds. The van der Waals surface area contributed by atoms with E-state index < -0.39 is 5.97 Å². The van der Waals surface area contributed by atoms with Crippen LogP contribution in [0.1, 0.15) is 32.8 Å². The van der Waals surface area contributed by atoms with Crippen LogP contribution in [-0.4, -0.2) is 17.7 Å². The van der Waals surface area contributed by atoms with Gasteiger partial charge in [0.1, 0.15) is 5.75 Å². The average molecular weight is 236 g/mol. The Balaban J connectivity index is 2.65. The fraction of sp³-hybridized carbons (Fsp3) is 0.500. The first-order valence-electron chi connectivity index (χ1n) is 5.86. The quantitative estimate of drug-likeness (QED) is 0.825. The minimum atomic E-state index is -0.749. The second-order valence-electron chi connectivity index (χ2n) is 4.99. The Morgan fingerprint density at radius 1 is 1.29 bits per heavy atom. The summed E-state index contributed by atoms with van der Waals surface area (Å²) >= 11 is 0. The Morgan fingerprint density at radius 2 is 1.88 bits per heavy atom. The zero-order valence-electron chi connectivity index (χ0n) is 10.7. The SMILES string of the molecule is CCOc1ccc(CC(C)(C)CC(=O)O)cc1. The van der Waals surface area contributed by atoms with Gasteiger partial charge in [0.15, 0.2) is 0 Å². The Hall–Kier alpha value is -1.51. The molecule has 0 saturated carbocycles. The summed E-state index contributed by atoms with van der Waals surface area (Å²) in [7, 11) is 0. The number of hydrogen-bond acceptors (Lipinski definition) is 2. The zero-order valence-corrected chi connectivity index (χ0v) is 10.7. The monoisotopic (exact) mass is 236 g/mol. The van der Waals surface area contributed by atoms with Crippen LogP contribution in [0.15, 0.2) is 24.3 Å². The predicted octanol–water partition coefficient (Wildman–Crippen LogP) is 3.13. The molecule has 0 unspecified atom stereocenters. The van der Waals surface area contributed by atoms with Gasteiger partial charge in [0.05, 0.1) is 13.0 Å². The van der Waals surface area contributed by atoms with E-state index in [1.807, 2.05) is 45.0 Å². The molecule has 94 valence electrons. The van der Waals surface area contributed by atoms with Crippen LogP contribution in [0.3, 0.4) is 0 Å². The van der Waals surface area contributed by atoms with Crippen molar-refractivity contribution in [2.24, 2.45) is 5.41 Å².